The van der Waals surface area contributed by atoms with E-state index in [1.807, 2.05) is 36.5 Å². The Bertz CT molecular complexity index is 858. The van der Waals surface area contributed by atoms with Crippen LogP contribution in [0.2, 0.25) is 0 Å². The second-order valence-electron chi connectivity index (χ2n) is 5.46. The SMILES string of the molecule is CC/C(C)=C/C(=C\[NH][Tl])c1cc(/C=N/NC(N)=S)c2ccccc2n1. The molecule has 1 heterocycles. The summed E-state index contributed by atoms with van der Waals surface area (Å²) in [6.45, 7) is 4.27. The van der Waals surface area contributed by atoms with Crippen LogP contribution < -0.4 is 14.3 Å². The topological polar surface area (TPSA) is 75.3 Å². The molecule has 0 unspecified atom stereocenters. The second kappa shape index (κ2) is 9.62. The van der Waals surface area contributed by atoms with Gasteiger partial charge in [0.25, 0.3) is 0 Å². The summed E-state index contributed by atoms with van der Waals surface area (Å²) < 4.78 is 3.26. The van der Waals surface area contributed by atoms with Crippen molar-refractivity contribution in [1.29, 1.82) is 0 Å². The summed E-state index contributed by atoms with van der Waals surface area (Å²) in [4.78, 5) is 4.82. The normalized spacial score (nSPS) is 12.5. The quantitative estimate of drug-likeness (QED) is 0.172. The molecular weight excluding hydrogens is 523 g/mol. The Morgan fingerprint density at radius 3 is 2.84 bits per heavy atom. The van der Waals surface area contributed by atoms with Gasteiger partial charge in [-0.2, -0.15) is 0 Å². The molecule has 0 aliphatic carbocycles. The molecule has 0 atom stereocenters. The summed E-state index contributed by atoms with van der Waals surface area (Å²) in [7, 11) is 0. The van der Waals surface area contributed by atoms with Gasteiger partial charge in [0.1, 0.15) is 0 Å². The van der Waals surface area contributed by atoms with Crippen LogP contribution in [0, 0.1) is 0 Å². The van der Waals surface area contributed by atoms with Gasteiger partial charge in [-0.15, -0.1) is 0 Å². The van der Waals surface area contributed by atoms with Crippen molar-refractivity contribution in [3.63, 3.8) is 0 Å². The van der Waals surface area contributed by atoms with Gasteiger partial charge < -0.3 is 0 Å². The fourth-order valence-electron chi connectivity index (χ4n) is 2.27. The Balaban J connectivity index is 2.58. The van der Waals surface area contributed by atoms with Crippen LogP contribution in [0.5, 0.6) is 0 Å². The van der Waals surface area contributed by atoms with Crippen molar-refractivity contribution in [3.05, 3.63) is 59.4 Å². The first-order chi connectivity index (χ1) is 12.0. The molecule has 1 aromatic heterocycles. The Hall–Kier alpha value is -1.81. The number of para-hydroxylation sites is 1. The van der Waals surface area contributed by atoms with Crippen LogP contribution in [-0.2, 0) is 0 Å². The summed E-state index contributed by atoms with van der Waals surface area (Å²) in [6, 6.07) is 10.0. The van der Waals surface area contributed by atoms with E-state index < -0.39 is 0 Å². The van der Waals surface area contributed by atoms with Crippen molar-refractivity contribution in [2.45, 2.75) is 20.3 Å². The predicted molar refractivity (Wildman–Crippen MR) is 110 cm³/mol. The standard InChI is InChI=1S/C18H21N5S.Tl/c1-3-12(2)8-13(10-19)17-9-14(11-21-23-18(20)24)15-6-4-5-7-16(15)22-17;/h4-11H,3H2,1-2H3,(H5,19,20,22,23,24);/q;+1/p-1/b12-8+;. The molecule has 4 N–H and O–H groups in total. The maximum atomic E-state index is 5.43. The minimum atomic E-state index is 0.137. The van der Waals surface area contributed by atoms with Crippen molar-refractivity contribution >= 4 is 66.1 Å². The molecule has 7 heteroatoms. The number of nitrogens with zero attached hydrogens (tertiary/aromatic N) is 2. The molecule has 0 saturated heterocycles. The molecule has 5 nitrogen and oxygen atoms in total. The van der Waals surface area contributed by atoms with E-state index in [9.17, 15) is 0 Å². The summed E-state index contributed by atoms with van der Waals surface area (Å²) >= 11 is 5.46. The predicted octanol–water partition coefficient (Wildman–Crippen LogP) is 2.77. The Kier molecular flexibility index (Phi) is 7.51. The number of benzene rings is 1. The average molecular weight is 543 g/mol. The van der Waals surface area contributed by atoms with E-state index in [2.05, 4.69) is 33.6 Å². The summed E-state index contributed by atoms with van der Waals surface area (Å²) in [5.41, 5.74) is 13.2. The first-order valence-corrected chi connectivity index (χ1v) is 10.5. The van der Waals surface area contributed by atoms with Crippen LogP contribution in [-0.4, -0.2) is 42.4 Å². The van der Waals surface area contributed by atoms with Crippen molar-refractivity contribution in [2.75, 3.05) is 0 Å². The third-order valence-electron chi connectivity index (χ3n) is 3.62. The molecule has 0 bridgehead atoms. The molecule has 2 aromatic rings. The van der Waals surface area contributed by atoms with Crippen molar-refractivity contribution in [2.24, 2.45) is 10.8 Å². The second-order valence-corrected chi connectivity index (χ2v) is 7.19. The molecule has 126 valence electrons. The number of nitrogens with one attached hydrogen (secondary N) is 2. The summed E-state index contributed by atoms with van der Waals surface area (Å²) in [5.74, 6) is 0. The molecule has 1 aromatic carbocycles. The molecular formula is C18H20N5STl. The summed E-state index contributed by atoms with van der Waals surface area (Å²) in [5, 5.41) is 5.26. The zero-order valence-electron chi connectivity index (χ0n) is 14.3. The molecule has 0 aliphatic heterocycles. The van der Waals surface area contributed by atoms with Gasteiger partial charge in [-0.05, 0) is 0 Å². The maximum absolute atomic E-state index is 5.43. The van der Waals surface area contributed by atoms with Crippen molar-refractivity contribution in [3.8, 4) is 0 Å². The van der Waals surface area contributed by atoms with E-state index in [1.54, 1.807) is 6.21 Å². The number of rotatable bonds is 6. The molecule has 2 rings (SSSR count). The molecule has 0 saturated carbocycles. The van der Waals surface area contributed by atoms with E-state index in [4.69, 9.17) is 22.9 Å². The number of hydrogen-bond acceptors (Lipinski definition) is 4. The van der Waals surface area contributed by atoms with Gasteiger partial charge in [0, 0.05) is 0 Å². The number of aromatic nitrogens is 1. The minimum absolute atomic E-state index is 0.137. The van der Waals surface area contributed by atoms with Gasteiger partial charge in [0.05, 0.1) is 0 Å². The number of nitrogens with two attached hydrogens (primary N) is 1. The van der Waals surface area contributed by atoms with Gasteiger partial charge in [0.2, 0.25) is 0 Å². The van der Waals surface area contributed by atoms with Crippen molar-refractivity contribution in [1.82, 2.24) is 13.5 Å². The molecule has 0 radical (unpaired) electrons. The molecule has 0 spiro atoms. The summed E-state index contributed by atoms with van der Waals surface area (Å²) in [6.07, 6.45) is 6.91. The van der Waals surface area contributed by atoms with E-state index in [1.165, 1.54) is 5.57 Å². The number of allylic oxidation sites excluding steroid dienone is 3. The van der Waals surface area contributed by atoms with E-state index in [0.717, 1.165) is 34.2 Å². The van der Waals surface area contributed by atoms with Gasteiger partial charge in [-0.25, -0.2) is 0 Å². The van der Waals surface area contributed by atoms with Crippen LogP contribution in [0.4, 0.5) is 0 Å². The number of fused-ring (bicyclic) bond motifs is 1. The fourth-order valence-corrected chi connectivity index (χ4v) is 3.02. The van der Waals surface area contributed by atoms with E-state index >= 15 is 0 Å². The fraction of sp³-hybridized carbons (Fsp3) is 0.167. The van der Waals surface area contributed by atoms with Gasteiger partial charge in [-0.1, -0.05) is 0 Å². The van der Waals surface area contributed by atoms with E-state index in [-0.39, 0.29) is 5.11 Å². The molecule has 0 amide bonds. The first-order valence-electron chi connectivity index (χ1n) is 7.87. The van der Waals surface area contributed by atoms with Gasteiger partial charge in [-0.3, -0.25) is 0 Å². The zero-order chi connectivity index (χ0) is 18.2. The molecule has 0 aliphatic rings. The van der Waals surface area contributed by atoms with Crippen LogP contribution in [0.1, 0.15) is 31.5 Å². The third kappa shape index (κ3) is 5.60. The van der Waals surface area contributed by atoms with Crippen LogP contribution >= 0.6 is 12.2 Å². The van der Waals surface area contributed by atoms with E-state index in [0.29, 0.717) is 26.1 Å². The first kappa shape index (κ1) is 19.5. The Morgan fingerprint density at radius 2 is 2.16 bits per heavy atom. The Labute approximate surface area is 169 Å². The molecule has 0 fully saturated rings. The van der Waals surface area contributed by atoms with Gasteiger partial charge >= 0.3 is 170 Å². The number of hydrazone groups is 1. The van der Waals surface area contributed by atoms with Crippen LogP contribution in [0.15, 0.2) is 53.3 Å². The van der Waals surface area contributed by atoms with Crippen molar-refractivity contribution < 1.29 is 0 Å². The monoisotopic (exact) mass is 543 g/mol. The zero-order valence-corrected chi connectivity index (χ0v) is 19.6. The number of hydrogen-bond donors (Lipinski definition) is 3. The third-order valence-corrected chi connectivity index (χ3v) is 4.36. The Morgan fingerprint density at radius 1 is 1.40 bits per heavy atom. The van der Waals surface area contributed by atoms with Crippen LogP contribution in [0.3, 0.4) is 0 Å². The van der Waals surface area contributed by atoms with Crippen LogP contribution in [0.25, 0.3) is 16.5 Å². The molecule has 25 heavy (non-hydrogen) atoms. The average Bonchev–Trinajstić information content (AvgIpc) is 2.60. The van der Waals surface area contributed by atoms with Gasteiger partial charge in [0.15, 0.2) is 0 Å². The number of thiocarbonyl (C=S) groups is 1. The number of pyridine rings is 1.